The van der Waals surface area contributed by atoms with Crippen molar-refractivity contribution in [3.8, 4) is 0 Å². The zero-order valence-corrected chi connectivity index (χ0v) is 22.6. The largest absolute Gasteiger partial charge is 0.508 e. The van der Waals surface area contributed by atoms with Crippen molar-refractivity contribution >= 4 is 21.8 Å². The lowest BCUT2D eigenvalue weighted by Crippen LogP contribution is -2.50. The summed E-state index contributed by atoms with van der Waals surface area (Å²) in [5.74, 6) is 2.18. The van der Waals surface area contributed by atoms with Crippen molar-refractivity contribution in [1.29, 1.82) is 0 Å². The van der Waals surface area contributed by atoms with E-state index in [1.54, 1.807) is 0 Å². The summed E-state index contributed by atoms with van der Waals surface area (Å²) < 4.78 is 36.5. The van der Waals surface area contributed by atoms with Gasteiger partial charge in [0.2, 0.25) is 0 Å². The summed E-state index contributed by atoms with van der Waals surface area (Å²) in [4.78, 5) is 16.2. The summed E-state index contributed by atoms with van der Waals surface area (Å²) in [7, 11) is -3.67. The molecule has 0 saturated heterocycles. The van der Waals surface area contributed by atoms with Crippen LogP contribution in [0.2, 0.25) is 0 Å². The first-order valence-electron chi connectivity index (χ1n) is 13.0. The van der Waals surface area contributed by atoms with Crippen molar-refractivity contribution in [3.63, 3.8) is 0 Å². The van der Waals surface area contributed by atoms with E-state index in [1.807, 2.05) is 19.3 Å². The molecule has 4 aliphatic rings. The first kappa shape index (κ1) is 26.9. The smallest absolute Gasteiger partial charge is 0.435 e. The van der Waals surface area contributed by atoms with E-state index in [4.69, 9.17) is 14.0 Å². The minimum absolute atomic E-state index is 0.0332. The van der Waals surface area contributed by atoms with E-state index in [0.29, 0.717) is 18.8 Å². The van der Waals surface area contributed by atoms with Gasteiger partial charge in [0.1, 0.15) is 6.10 Å². The summed E-state index contributed by atoms with van der Waals surface area (Å²) in [6.07, 6.45) is 16.9. The van der Waals surface area contributed by atoms with Gasteiger partial charge < -0.3 is 9.47 Å². The van der Waals surface area contributed by atoms with E-state index in [-0.39, 0.29) is 16.9 Å². The lowest BCUT2D eigenvalue weighted by atomic mass is 9.47. The molecular weight excluding hydrogens is 478 g/mol. The minimum Gasteiger partial charge on any atom is -0.435 e. The Kier molecular flexibility index (Phi) is 7.68. The normalized spacial score (nSPS) is 35.0. The number of allylic oxidation sites excluding steroid dienone is 3. The second-order valence-corrected chi connectivity index (χ2v) is 12.7. The van der Waals surface area contributed by atoms with Gasteiger partial charge in [0, 0.05) is 18.8 Å². The van der Waals surface area contributed by atoms with Crippen LogP contribution in [0, 0.1) is 28.6 Å². The molecule has 0 aromatic carbocycles. The molecule has 7 nitrogen and oxygen atoms in total. The second kappa shape index (κ2) is 10.3. The number of carbonyl (C=O) groups excluding carboxylic acids is 1. The van der Waals surface area contributed by atoms with Gasteiger partial charge in [-0.15, -0.1) is 0 Å². The number of aromatic nitrogens is 1. The van der Waals surface area contributed by atoms with Crippen molar-refractivity contribution in [2.45, 2.75) is 71.8 Å². The average Bonchev–Trinajstić information content (AvgIpc) is 3.16. The maximum absolute atomic E-state index is 11.8. The third-order valence-corrected chi connectivity index (χ3v) is 9.14. The molecule has 4 aliphatic carbocycles. The average molecular weight is 518 g/mol. The molecule has 2 saturated carbocycles. The fourth-order valence-corrected chi connectivity index (χ4v) is 7.55. The van der Waals surface area contributed by atoms with E-state index in [1.165, 1.54) is 36.0 Å². The minimum atomic E-state index is -3.67. The van der Waals surface area contributed by atoms with Crippen molar-refractivity contribution in [1.82, 2.24) is 4.98 Å². The third kappa shape index (κ3) is 5.40. The Morgan fingerprint density at radius 2 is 1.86 bits per heavy atom. The molecule has 1 aromatic rings. The van der Waals surface area contributed by atoms with Gasteiger partial charge in [0.05, 0.1) is 12.9 Å². The Bertz CT molecular complexity index is 1120. The zero-order chi connectivity index (χ0) is 26.1. The predicted octanol–water partition coefficient (Wildman–Crippen LogP) is 6.08. The maximum Gasteiger partial charge on any atom is 0.508 e. The molecule has 6 atom stereocenters. The number of fused-ring (bicyclic) bond motifs is 5. The van der Waals surface area contributed by atoms with Crippen molar-refractivity contribution < 1.29 is 27.2 Å². The van der Waals surface area contributed by atoms with E-state index >= 15 is 0 Å². The SMILES string of the molecule is CCOC(=O)OC1CC[C@@]2(C)C(=CCC3C2CC[C@]2(C)C(c4cccnc4)=CCC32)C1.CS(=O)(=O)O. The highest BCUT2D eigenvalue weighted by Gasteiger charge is 2.57. The number of nitrogens with zero attached hydrogens (tertiary/aromatic N) is 1. The second-order valence-electron chi connectivity index (χ2n) is 11.2. The number of hydrogen-bond donors (Lipinski definition) is 1. The summed E-state index contributed by atoms with van der Waals surface area (Å²) in [5, 5.41) is 0. The highest BCUT2D eigenvalue weighted by atomic mass is 32.2. The number of carbonyl (C=O) groups is 1. The van der Waals surface area contributed by atoms with Crippen LogP contribution in [0.1, 0.15) is 71.3 Å². The van der Waals surface area contributed by atoms with Gasteiger partial charge in [-0.3, -0.25) is 9.54 Å². The molecule has 1 N–H and O–H groups in total. The summed E-state index contributed by atoms with van der Waals surface area (Å²) in [6.45, 7) is 7.18. The number of rotatable bonds is 3. The molecule has 8 heteroatoms. The molecule has 198 valence electrons. The Morgan fingerprint density at radius 3 is 2.53 bits per heavy atom. The molecule has 4 unspecified atom stereocenters. The van der Waals surface area contributed by atoms with Gasteiger partial charge in [-0.2, -0.15) is 8.42 Å². The zero-order valence-electron chi connectivity index (χ0n) is 21.8. The van der Waals surface area contributed by atoms with Crippen LogP contribution >= 0.6 is 0 Å². The van der Waals surface area contributed by atoms with Gasteiger partial charge in [-0.1, -0.05) is 37.6 Å². The Balaban J connectivity index is 0.000000556. The highest BCUT2D eigenvalue weighted by Crippen LogP contribution is 2.66. The molecule has 2 fully saturated rings. The van der Waals surface area contributed by atoms with Crippen molar-refractivity contribution in [3.05, 3.63) is 47.8 Å². The monoisotopic (exact) mass is 517 g/mol. The van der Waals surface area contributed by atoms with Crippen LogP contribution in [0.15, 0.2) is 42.3 Å². The van der Waals surface area contributed by atoms with E-state index in [0.717, 1.165) is 37.5 Å². The van der Waals surface area contributed by atoms with Gasteiger partial charge in [-0.25, -0.2) is 4.79 Å². The van der Waals surface area contributed by atoms with Crippen LogP contribution in [-0.2, 0) is 19.6 Å². The standard InChI is InChI=1S/C27H35NO3.CH4O3S/c1-4-30-25(29)31-20-11-13-26(2)19(16-20)7-8-21-23-10-9-22(18-6-5-15-28-17-18)27(23,3)14-12-24(21)26;1-5(2,3)4/h5-7,9,15,17,20-21,23-24H,4,8,10-14,16H2,1-3H3;1H3,(H,2,3,4)/t20?,21?,23?,24?,26-,27+;/m0./s1. The number of hydrogen-bond acceptors (Lipinski definition) is 6. The van der Waals surface area contributed by atoms with Gasteiger partial charge in [-0.05, 0) is 91.2 Å². The third-order valence-electron chi connectivity index (χ3n) is 9.14. The van der Waals surface area contributed by atoms with Crippen LogP contribution in [-0.4, -0.2) is 43.1 Å². The molecule has 1 heterocycles. The van der Waals surface area contributed by atoms with Crippen molar-refractivity contribution in [2.75, 3.05) is 12.9 Å². The maximum atomic E-state index is 11.8. The summed E-state index contributed by atoms with van der Waals surface area (Å²) >= 11 is 0. The van der Waals surface area contributed by atoms with Crippen molar-refractivity contribution in [2.24, 2.45) is 28.6 Å². The molecule has 36 heavy (non-hydrogen) atoms. The number of ether oxygens (including phenoxy) is 2. The van der Waals surface area contributed by atoms with E-state index in [9.17, 15) is 13.2 Å². The van der Waals surface area contributed by atoms with Crippen LogP contribution in [0.25, 0.3) is 5.57 Å². The molecule has 0 aliphatic heterocycles. The summed E-state index contributed by atoms with van der Waals surface area (Å²) in [6, 6.07) is 4.29. The van der Waals surface area contributed by atoms with Crippen LogP contribution < -0.4 is 0 Å². The molecule has 5 rings (SSSR count). The molecule has 0 spiro atoms. The predicted molar refractivity (Wildman–Crippen MR) is 139 cm³/mol. The van der Waals surface area contributed by atoms with Crippen LogP contribution in [0.3, 0.4) is 0 Å². The van der Waals surface area contributed by atoms with Gasteiger partial charge in [0.25, 0.3) is 10.1 Å². The Hall–Kier alpha value is -2.19. The lowest BCUT2D eigenvalue weighted by molar-refractivity contribution is -0.0353. The quantitative estimate of drug-likeness (QED) is 0.294. The molecule has 0 amide bonds. The molecule has 1 aromatic heterocycles. The van der Waals surface area contributed by atoms with Gasteiger partial charge in [0.15, 0.2) is 0 Å². The van der Waals surface area contributed by atoms with Crippen LogP contribution in [0.5, 0.6) is 0 Å². The van der Waals surface area contributed by atoms with Crippen LogP contribution in [0.4, 0.5) is 4.79 Å². The fraction of sp³-hybridized carbons (Fsp3) is 0.643. The van der Waals surface area contributed by atoms with E-state index < -0.39 is 16.3 Å². The first-order valence-corrected chi connectivity index (χ1v) is 14.9. The molecular formula is C28H39NO6S. The molecule has 0 bridgehead atoms. The summed E-state index contributed by atoms with van der Waals surface area (Å²) in [5.41, 5.74) is 4.86. The fourth-order valence-electron chi connectivity index (χ4n) is 7.55. The van der Waals surface area contributed by atoms with Gasteiger partial charge >= 0.3 is 6.16 Å². The number of pyridine rings is 1. The molecule has 0 radical (unpaired) electrons. The highest BCUT2D eigenvalue weighted by molar-refractivity contribution is 7.85. The Labute approximate surface area is 215 Å². The van der Waals surface area contributed by atoms with E-state index in [2.05, 4.69) is 43.1 Å². The Morgan fingerprint density at radius 1 is 1.14 bits per heavy atom. The lowest BCUT2D eigenvalue weighted by Gasteiger charge is -2.57. The topological polar surface area (TPSA) is 103 Å². The first-order chi connectivity index (χ1) is 17.0.